The molecule has 0 saturated heterocycles. The third kappa shape index (κ3) is 2.42. The van der Waals surface area contributed by atoms with E-state index in [-0.39, 0.29) is 0 Å². The predicted molar refractivity (Wildman–Crippen MR) is 65.7 cm³/mol. The highest BCUT2D eigenvalue weighted by Crippen LogP contribution is 2.21. The summed E-state index contributed by atoms with van der Waals surface area (Å²) >= 11 is 1.72. The first kappa shape index (κ1) is 10.9. The van der Waals surface area contributed by atoms with E-state index in [1.54, 1.807) is 11.3 Å². The molecule has 0 aliphatic carbocycles. The van der Waals surface area contributed by atoms with E-state index in [4.69, 9.17) is 0 Å². The van der Waals surface area contributed by atoms with Crippen LogP contribution in [-0.2, 0) is 0 Å². The maximum atomic E-state index is 4.43. The molecule has 2 heteroatoms. The van der Waals surface area contributed by atoms with Crippen LogP contribution >= 0.6 is 11.3 Å². The molecule has 0 aliphatic rings. The molecule has 1 aromatic carbocycles. The zero-order valence-electron chi connectivity index (χ0n) is 8.82. The molecule has 0 aliphatic heterocycles. The number of hydrogen-bond acceptors (Lipinski definition) is 2. The Morgan fingerprint density at radius 3 is 2.57 bits per heavy atom. The van der Waals surface area contributed by atoms with Gasteiger partial charge in [-0.3, -0.25) is 0 Å². The summed E-state index contributed by atoms with van der Waals surface area (Å²) < 4.78 is 1.26. The van der Waals surface area contributed by atoms with Gasteiger partial charge in [-0.25, -0.2) is 4.98 Å². The van der Waals surface area contributed by atoms with E-state index < -0.39 is 0 Å². The van der Waals surface area contributed by atoms with Crippen LogP contribution in [0.5, 0.6) is 0 Å². The second-order valence-electron chi connectivity index (χ2n) is 2.52. The van der Waals surface area contributed by atoms with Gasteiger partial charge in [-0.05, 0) is 25.1 Å². The van der Waals surface area contributed by atoms with Gasteiger partial charge in [0.1, 0.15) is 5.01 Å². The smallest absolute Gasteiger partial charge is 0.117 e. The molecule has 0 atom stereocenters. The van der Waals surface area contributed by atoms with Gasteiger partial charge >= 0.3 is 0 Å². The van der Waals surface area contributed by atoms with Crippen LogP contribution in [0.2, 0.25) is 0 Å². The van der Waals surface area contributed by atoms with E-state index in [2.05, 4.69) is 11.1 Å². The molecule has 0 amide bonds. The molecule has 74 valence electrons. The van der Waals surface area contributed by atoms with Gasteiger partial charge < -0.3 is 0 Å². The van der Waals surface area contributed by atoms with Crippen LogP contribution in [0.1, 0.15) is 25.8 Å². The van der Waals surface area contributed by atoms with E-state index in [0.717, 1.165) is 10.5 Å². The lowest BCUT2D eigenvalue weighted by molar-refractivity contribution is 1.46. The van der Waals surface area contributed by atoms with E-state index in [1.807, 2.05) is 51.1 Å². The average Bonchev–Trinajstić information content (AvgIpc) is 2.63. The van der Waals surface area contributed by atoms with Crippen molar-refractivity contribution in [3.8, 4) is 0 Å². The summed E-state index contributed by atoms with van der Waals surface area (Å²) in [4.78, 5) is 4.43. The van der Waals surface area contributed by atoms with Crippen molar-refractivity contribution in [2.75, 3.05) is 0 Å². The monoisotopic (exact) mass is 205 g/mol. The van der Waals surface area contributed by atoms with Gasteiger partial charge in [0.2, 0.25) is 0 Å². The Morgan fingerprint density at radius 1 is 1.21 bits per heavy atom. The SMILES string of the molecule is C/C=C/c1nc2ccccc2s1.CC. The van der Waals surface area contributed by atoms with Crippen molar-refractivity contribution in [3.05, 3.63) is 35.3 Å². The van der Waals surface area contributed by atoms with E-state index in [0.29, 0.717) is 0 Å². The lowest BCUT2D eigenvalue weighted by Gasteiger charge is -1.80. The summed E-state index contributed by atoms with van der Waals surface area (Å²) in [7, 11) is 0. The van der Waals surface area contributed by atoms with Gasteiger partial charge in [-0.2, -0.15) is 0 Å². The molecular formula is C12H15NS. The molecule has 0 saturated carbocycles. The molecule has 14 heavy (non-hydrogen) atoms. The molecule has 0 spiro atoms. The number of thiazole rings is 1. The normalized spacial score (nSPS) is 10.2. The number of benzene rings is 1. The number of fused-ring (bicyclic) bond motifs is 1. The third-order valence-corrected chi connectivity index (χ3v) is 2.62. The molecule has 0 N–H and O–H groups in total. The largest absolute Gasteiger partial charge is 0.237 e. The van der Waals surface area contributed by atoms with Crippen molar-refractivity contribution in [1.29, 1.82) is 0 Å². The lowest BCUT2D eigenvalue weighted by Crippen LogP contribution is -1.66. The Hall–Kier alpha value is -1.15. The summed E-state index contributed by atoms with van der Waals surface area (Å²) in [5.41, 5.74) is 1.09. The number of nitrogens with zero attached hydrogens (tertiary/aromatic N) is 1. The van der Waals surface area contributed by atoms with Crippen LogP contribution in [0.4, 0.5) is 0 Å². The molecule has 1 nitrogen and oxygen atoms in total. The molecular weight excluding hydrogens is 190 g/mol. The molecule has 1 aromatic heterocycles. The Morgan fingerprint density at radius 2 is 1.93 bits per heavy atom. The van der Waals surface area contributed by atoms with Gasteiger partial charge in [-0.15, -0.1) is 11.3 Å². The van der Waals surface area contributed by atoms with Gasteiger partial charge in [0.25, 0.3) is 0 Å². The number of rotatable bonds is 1. The fourth-order valence-electron chi connectivity index (χ4n) is 1.10. The fraction of sp³-hybridized carbons (Fsp3) is 0.250. The topological polar surface area (TPSA) is 12.9 Å². The van der Waals surface area contributed by atoms with Crippen molar-refractivity contribution in [2.24, 2.45) is 0 Å². The number of hydrogen-bond donors (Lipinski definition) is 0. The highest BCUT2D eigenvalue weighted by Gasteiger charge is 1.97. The van der Waals surface area contributed by atoms with Crippen LogP contribution in [0.3, 0.4) is 0 Å². The minimum atomic E-state index is 1.08. The van der Waals surface area contributed by atoms with Crippen LogP contribution in [0.25, 0.3) is 16.3 Å². The van der Waals surface area contributed by atoms with Crippen molar-refractivity contribution in [2.45, 2.75) is 20.8 Å². The Bertz CT molecular complexity index is 382. The molecule has 1 heterocycles. The van der Waals surface area contributed by atoms with E-state index >= 15 is 0 Å². The molecule has 0 radical (unpaired) electrons. The minimum absolute atomic E-state index is 1.08. The van der Waals surface area contributed by atoms with Crippen molar-refractivity contribution >= 4 is 27.6 Å². The third-order valence-electron chi connectivity index (χ3n) is 1.62. The van der Waals surface area contributed by atoms with Gasteiger partial charge in [-0.1, -0.05) is 32.1 Å². The highest BCUT2D eigenvalue weighted by molar-refractivity contribution is 7.19. The zero-order chi connectivity index (χ0) is 10.4. The van der Waals surface area contributed by atoms with Crippen molar-refractivity contribution < 1.29 is 0 Å². The first-order valence-electron chi connectivity index (χ1n) is 4.88. The molecule has 2 aromatic rings. The number of aromatic nitrogens is 1. The minimum Gasteiger partial charge on any atom is -0.237 e. The van der Waals surface area contributed by atoms with Gasteiger partial charge in [0.15, 0.2) is 0 Å². The molecule has 0 fully saturated rings. The van der Waals surface area contributed by atoms with Gasteiger partial charge in [0.05, 0.1) is 10.2 Å². The summed E-state index contributed by atoms with van der Waals surface area (Å²) in [6.45, 7) is 6.01. The Labute approximate surface area is 89.1 Å². The average molecular weight is 205 g/mol. The molecule has 2 rings (SSSR count). The Balaban J connectivity index is 0.000000461. The molecule has 0 unspecified atom stereocenters. The summed E-state index contributed by atoms with van der Waals surface area (Å²) in [5, 5.41) is 1.08. The predicted octanol–water partition coefficient (Wildman–Crippen LogP) is 4.36. The quantitative estimate of drug-likeness (QED) is 0.674. The van der Waals surface area contributed by atoms with Crippen LogP contribution in [-0.4, -0.2) is 4.98 Å². The highest BCUT2D eigenvalue weighted by atomic mass is 32.1. The lowest BCUT2D eigenvalue weighted by atomic mass is 10.3. The fourth-order valence-corrected chi connectivity index (χ4v) is 2.04. The van der Waals surface area contributed by atoms with E-state index in [1.165, 1.54) is 4.70 Å². The summed E-state index contributed by atoms with van der Waals surface area (Å²) in [6.07, 6.45) is 4.04. The van der Waals surface area contributed by atoms with E-state index in [9.17, 15) is 0 Å². The second kappa shape index (κ2) is 5.55. The Kier molecular flexibility index (Phi) is 4.33. The standard InChI is InChI=1S/C10H9NS.C2H6/c1-2-5-10-11-8-6-3-4-7-9(8)12-10;1-2/h2-7H,1H3;1-2H3/b5-2+;. The van der Waals surface area contributed by atoms with Crippen LogP contribution in [0.15, 0.2) is 30.3 Å². The maximum Gasteiger partial charge on any atom is 0.117 e. The first-order chi connectivity index (χ1) is 6.90. The number of allylic oxidation sites excluding steroid dienone is 1. The zero-order valence-corrected chi connectivity index (χ0v) is 9.64. The first-order valence-corrected chi connectivity index (χ1v) is 5.70. The van der Waals surface area contributed by atoms with Crippen LogP contribution in [0, 0.1) is 0 Å². The van der Waals surface area contributed by atoms with Crippen molar-refractivity contribution in [3.63, 3.8) is 0 Å². The molecule has 0 bridgehead atoms. The van der Waals surface area contributed by atoms with Crippen LogP contribution < -0.4 is 0 Å². The second-order valence-corrected chi connectivity index (χ2v) is 3.58. The number of para-hydroxylation sites is 1. The summed E-state index contributed by atoms with van der Waals surface area (Å²) in [5.74, 6) is 0. The maximum absolute atomic E-state index is 4.43. The van der Waals surface area contributed by atoms with Gasteiger partial charge in [0, 0.05) is 0 Å². The summed E-state index contributed by atoms with van der Waals surface area (Å²) in [6, 6.07) is 8.19. The van der Waals surface area contributed by atoms with Crippen molar-refractivity contribution in [1.82, 2.24) is 4.98 Å².